The van der Waals surface area contributed by atoms with Crippen LogP contribution in [0.4, 0.5) is 0 Å². The molecule has 5 aliphatic heterocycles. The molecule has 16 atom stereocenters. The topological polar surface area (TPSA) is 230 Å². The summed E-state index contributed by atoms with van der Waals surface area (Å²) < 4.78 is 0. The van der Waals surface area contributed by atoms with Gasteiger partial charge in [0, 0.05) is 22.7 Å². The van der Waals surface area contributed by atoms with Gasteiger partial charge in [-0.2, -0.15) is 6.42 Å². The number of fused-ring (bicyclic) bond motifs is 20. The molecule has 0 aromatic rings. The van der Waals surface area contributed by atoms with Crippen LogP contribution < -0.4 is 42.5 Å². The molecule has 266 valence electrons. The summed E-state index contributed by atoms with van der Waals surface area (Å²) in [5, 5.41) is 33.7. The van der Waals surface area contributed by atoms with Crippen molar-refractivity contribution in [1.82, 2.24) is 42.5 Å². The molecule has 0 radical (unpaired) electrons. The molecule has 5 heterocycles. The van der Waals surface area contributed by atoms with Crippen LogP contribution in [0.25, 0.3) is 24.6 Å². The SMILES string of the molecule is [CH-]1CCCC2C3NC(NC4NC(NC5NC(NC6NC(N3)C3CCCCC63)C3CCCCC53)C3CCCCC43)C12.[NH2-].[NH2-].[NH2-].[NH2-].[Ni]. The summed E-state index contributed by atoms with van der Waals surface area (Å²) in [4.78, 5) is 0. The average molecular weight is 675 g/mol. The Kier molecular flexibility index (Phi) is 13.2. The van der Waals surface area contributed by atoms with E-state index >= 15 is 0 Å². The van der Waals surface area contributed by atoms with Gasteiger partial charge >= 0.3 is 0 Å². The van der Waals surface area contributed by atoms with Crippen molar-refractivity contribution < 1.29 is 16.5 Å². The minimum absolute atomic E-state index is 0. The summed E-state index contributed by atoms with van der Waals surface area (Å²) in [5.41, 5.74) is 0. The van der Waals surface area contributed by atoms with Gasteiger partial charge in [0.15, 0.2) is 0 Å². The first-order chi connectivity index (χ1) is 19.8. The maximum atomic E-state index is 4.25. The molecule has 16 unspecified atom stereocenters. The van der Waals surface area contributed by atoms with Gasteiger partial charge in [-0.05, 0) is 80.0 Å². The van der Waals surface area contributed by atoms with Gasteiger partial charge in [0.05, 0.1) is 43.2 Å². The minimum Gasteiger partial charge on any atom is -0.693 e. The molecule has 45 heavy (non-hydrogen) atoms. The van der Waals surface area contributed by atoms with Crippen LogP contribution in [0.5, 0.6) is 0 Å². The molecule has 0 spiro atoms. The molecular formula is C32H63N12Ni-5. The molecule has 9 aliphatic rings. The molecule has 5 saturated heterocycles. The molecule has 0 aromatic heterocycles. The van der Waals surface area contributed by atoms with E-state index in [2.05, 4.69) is 49.0 Å². The van der Waals surface area contributed by atoms with Crippen molar-refractivity contribution in [1.29, 1.82) is 0 Å². The zero-order chi connectivity index (χ0) is 26.2. The van der Waals surface area contributed by atoms with Gasteiger partial charge < -0.3 is 31.0 Å². The van der Waals surface area contributed by atoms with Gasteiger partial charge in [-0.15, -0.1) is 5.92 Å². The van der Waals surface area contributed by atoms with E-state index in [1.54, 1.807) is 0 Å². The van der Waals surface area contributed by atoms with Crippen molar-refractivity contribution in [3.8, 4) is 0 Å². The van der Waals surface area contributed by atoms with Gasteiger partial charge in [-0.3, -0.25) is 42.5 Å². The van der Waals surface area contributed by atoms with Gasteiger partial charge in [-0.25, -0.2) is 0 Å². The fourth-order valence-corrected chi connectivity index (χ4v) is 11.7. The first-order valence-electron chi connectivity index (χ1n) is 17.7. The van der Waals surface area contributed by atoms with E-state index in [-0.39, 0.29) is 41.1 Å². The molecule has 13 heteroatoms. The Bertz CT molecular complexity index is 725. The first kappa shape index (κ1) is 37.8. The molecule has 0 amide bonds. The van der Waals surface area contributed by atoms with Gasteiger partial charge in [0.25, 0.3) is 0 Å². The molecule has 4 saturated carbocycles. The van der Waals surface area contributed by atoms with Crippen molar-refractivity contribution in [2.75, 3.05) is 0 Å². The zero-order valence-electron chi connectivity index (χ0n) is 27.0. The van der Waals surface area contributed by atoms with Gasteiger partial charge in [0.1, 0.15) is 0 Å². The Morgan fingerprint density at radius 2 is 0.556 bits per heavy atom. The van der Waals surface area contributed by atoms with E-state index in [9.17, 15) is 0 Å². The second-order valence-electron chi connectivity index (χ2n) is 15.4. The van der Waals surface area contributed by atoms with Crippen LogP contribution in [0.2, 0.25) is 0 Å². The second kappa shape index (κ2) is 15.7. The summed E-state index contributed by atoms with van der Waals surface area (Å²) in [6, 6.07) is 0. The molecule has 9 rings (SSSR count). The molecule has 9 fully saturated rings. The third-order valence-corrected chi connectivity index (χ3v) is 13.6. The van der Waals surface area contributed by atoms with E-state index < -0.39 is 0 Å². The Balaban J connectivity index is 0.000000922. The molecule has 8 bridgehead atoms. The van der Waals surface area contributed by atoms with Crippen LogP contribution in [-0.2, 0) is 16.5 Å². The number of rotatable bonds is 0. The average Bonchev–Trinajstić information content (AvgIpc) is 3.73. The standard InChI is InChI=1S/C32H55N8.4H2N.Ni/c1-2-10-18-17(9-1)25-33-26(18)38-28-21-13-5-6-14-22(21)30(35-28)40-32-24-16-8-7-15-23(24)31(36-32)39-29-20-12-4-3-11-19(20)27(34-29)37-25;;;;;/h9,17-40H,1-8,10-16H2;4*1H2;/q5*-1;. The predicted molar refractivity (Wildman–Crippen MR) is 178 cm³/mol. The van der Waals surface area contributed by atoms with E-state index in [0.717, 1.165) is 35.5 Å². The van der Waals surface area contributed by atoms with Crippen LogP contribution >= 0.6 is 0 Å². The monoisotopic (exact) mass is 673 g/mol. The Morgan fingerprint density at radius 3 is 0.867 bits per heavy atom. The second-order valence-corrected chi connectivity index (χ2v) is 15.4. The largest absolute Gasteiger partial charge is 0.693 e. The number of nitrogens with two attached hydrogens (primary N) is 4. The van der Waals surface area contributed by atoms with E-state index in [0.29, 0.717) is 61.2 Å². The number of hydrogen-bond donors (Lipinski definition) is 8. The fraction of sp³-hybridized carbons (Fsp3) is 0.969. The van der Waals surface area contributed by atoms with Crippen LogP contribution in [0.3, 0.4) is 0 Å². The van der Waals surface area contributed by atoms with E-state index in [4.69, 9.17) is 0 Å². The normalized spacial score (nSPS) is 51.2. The van der Waals surface area contributed by atoms with Gasteiger partial charge in [0.2, 0.25) is 0 Å². The zero-order valence-corrected chi connectivity index (χ0v) is 28.0. The number of hydrogen-bond acceptors (Lipinski definition) is 8. The summed E-state index contributed by atoms with van der Waals surface area (Å²) in [6.07, 6.45) is 26.4. The number of nitrogens with one attached hydrogen (secondary N) is 8. The Morgan fingerprint density at radius 1 is 0.311 bits per heavy atom. The van der Waals surface area contributed by atoms with Crippen molar-refractivity contribution in [3.05, 3.63) is 31.0 Å². The van der Waals surface area contributed by atoms with Crippen LogP contribution in [0.1, 0.15) is 96.3 Å². The summed E-state index contributed by atoms with van der Waals surface area (Å²) in [7, 11) is 0. The molecule has 16 N–H and O–H groups in total. The van der Waals surface area contributed by atoms with Crippen molar-refractivity contribution in [2.24, 2.45) is 47.3 Å². The maximum Gasteiger partial charge on any atom is 0.0628 e. The maximum absolute atomic E-state index is 4.25. The molecule has 4 aliphatic carbocycles. The third kappa shape index (κ3) is 6.66. The summed E-state index contributed by atoms with van der Waals surface area (Å²) >= 11 is 0. The molecule has 0 aromatic carbocycles. The minimum atomic E-state index is 0. The van der Waals surface area contributed by atoms with Crippen LogP contribution in [0, 0.1) is 53.8 Å². The van der Waals surface area contributed by atoms with Crippen LogP contribution in [0.15, 0.2) is 0 Å². The summed E-state index contributed by atoms with van der Waals surface area (Å²) in [6.45, 7) is 0. The Hall–Kier alpha value is 0.0135. The quantitative estimate of drug-likeness (QED) is 0.124. The third-order valence-electron chi connectivity index (χ3n) is 13.6. The fourth-order valence-electron chi connectivity index (χ4n) is 11.7. The molecular weight excluding hydrogens is 611 g/mol. The molecule has 12 nitrogen and oxygen atoms in total. The van der Waals surface area contributed by atoms with Crippen LogP contribution in [-0.4, -0.2) is 49.3 Å². The van der Waals surface area contributed by atoms with Gasteiger partial charge in [-0.1, -0.05) is 51.4 Å². The van der Waals surface area contributed by atoms with Crippen molar-refractivity contribution in [3.63, 3.8) is 0 Å². The predicted octanol–water partition coefficient (Wildman–Crippen LogP) is 5.29. The van der Waals surface area contributed by atoms with E-state index in [1.165, 1.54) is 96.3 Å². The Labute approximate surface area is 282 Å². The van der Waals surface area contributed by atoms with Crippen molar-refractivity contribution in [2.45, 2.75) is 146 Å². The first-order valence-corrected chi connectivity index (χ1v) is 17.7. The van der Waals surface area contributed by atoms with E-state index in [1.807, 2.05) is 0 Å². The smallest absolute Gasteiger partial charge is 0.0628 e. The van der Waals surface area contributed by atoms with Crippen molar-refractivity contribution >= 4 is 0 Å². The summed E-state index contributed by atoms with van der Waals surface area (Å²) in [5.74, 6) is 5.74.